The van der Waals surface area contributed by atoms with Crippen molar-refractivity contribution in [2.75, 3.05) is 27.7 Å². The van der Waals surface area contributed by atoms with Crippen molar-refractivity contribution >= 4 is 23.9 Å². The molecule has 0 saturated carbocycles. The van der Waals surface area contributed by atoms with Crippen molar-refractivity contribution < 1.29 is 59.3 Å². The first kappa shape index (κ1) is 25.0. The molecule has 2 atom stereocenters. The van der Waals surface area contributed by atoms with E-state index in [-0.39, 0.29) is 6.42 Å². The van der Waals surface area contributed by atoms with E-state index in [0.29, 0.717) is 11.0 Å². The molecular weight excluding hydrogens is 346 g/mol. The molecule has 12 nitrogen and oxygen atoms in total. The molecular formula is C13H23NO11. The summed E-state index contributed by atoms with van der Waals surface area (Å²) in [6.45, 7) is 0.425. The van der Waals surface area contributed by atoms with Crippen LogP contribution < -0.4 is 5.11 Å². The molecule has 0 aromatic rings. The largest absolute Gasteiger partial charge is 0.550 e. The van der Waals surface area contributed by atoms with E-state index in [4.69, 9.17) is 25.7 Å². The second-order valence-corrected chi connectivity index (χ2v) is 6.25. The van der Waals surface area contributed by atoms with Crippen LogP contribution in [0.25, 0.3) is 0 Å². The third kappa shape index (κ3) is 13.8. The highest BCUT2D eigenvalue weighted by Gasteiger charge is 2.41. The van der Waals surface area contributed by atoms with Crippen molar-refractivity contribution in [1.82, 2.24) is 0 Å². The maximum absolute atomic E-state index is 10.4. The number of carboxylic acids is 3. The molecule has 12 heteroatoms. The quantitative estimate of drug-likeness (QED) is 0.156. The Kier molecular flexibility index (Phi) is 10.5. The van der Waals surface area contributed by atoms with E-state index in [0.717, 1.165) is 0 Å². The first-order valence-corrected chi connectivity index (χ1v) is 6.83. The monoisotopic (exact) mass is 369 g/mol. The summed E-state index contributed by atoms with van der Waals surface area (Å²) in [6, 6.07) is 0. The molecule has 0 radical (unpaired) electrons. The third-order valence-corrected chi connectivity index (χ3v) is 2.54. The summed E-state index contributed by atoms with van der Waals surface area (Å²) in [5, 5.41) is 52.8. The average Bonchev–Trinajstić information content (AvgIpc) is 2.34. The van der Waals surface area contributed by atoms with Crippen molar-refractivity contribution in [1.29, 1.82) is 0 Å². The van der Waals surface area contributed by atoms with Gasteiger partial charge in [0.1, 0.15) is 12.6 Å². The van der Waals surface area contributed by atoms with Gasteiger partial charge >= 0.3 is 17.9 Å². The number of aliphatic carboxylic acids is 3. The first-order valence-electron chi connectivity index (χ1n) is 6.83. The smallest absolute Gasteiger partial charge is 0.345 e. The van der Waals surface area contributed by atoms with Gasteiger partial charge in [-0.2, -0.15) is 5.26 Å². The standard InChI is InChI=1S/C7H15NO3.C6H8O8/c1-8(2,3)5-6(9)4-7(10)11;7-3(8)1-6(12,5(10)11)2-4(9)14-13/h6,9H,4-5H2,1-3H3;12-13H,1-2H2,(H,7,8)(H,10,11). The Morgan fingerprint density at radius 1 is 1.12 bits per heavy atom. The summed E-state index contributed by atoms with van der Waals surface area (Å²) in [6.07, 6.45) is -3.40. The van der Waals surface area contributed by atoms with Gasteiger partial charge < -0.3 is 39.7 Å². The summed E-state index contributed by atoms with van der Waals surface area (Å²) >= 11 is 0. The molecule has 25 heavy (non-hydrogen) atoms. The number of rotatable bonds is 9. The molecule has 0 fully saturated rings. The van der Waals surface area contributed by atoms with Crippen molar-refractivity contribution in [2.45, 2.75) is 31.0 Å². The number of carbonyl (C=O) groups is 4. The highest BCUT2D eigenvalue weighted by molar-refractivity contribution is 5.88. The molecule has 5 N–H and O–H groups in total. The third-order valence-electron chi connectivity index (χ3n) is 2.54. The summed E-state index contributed by atoms with van der Waals surface area (Å²) in [5.74, 6) is -6.12. The number of aliphatic hydroxyl groups excluding tert-OH is 1. The first-order chi connectivity index (χ1) is 11.1. The van der Waals surface area contributed by atoms with Crippen molar-refractivity contribution in [3.05, 3.63) is 0 Å². The molecule has 2 unspecified atom stereocenters. The van der Waals surface area contributed by atoms with Crippen LogP contribution in [0.2, 0.25) is 0 Å². The van der Waals surface area contributed by atoms with Crippen LogP contribution in [-0.4, -0.2) is 93.4 Å². The lowest BCUT2D eigenvalue weighted by atomic mass is 9.96. The van der Waals surface area contributed by atoms with Gasteiger partial charge in [-0.25, -0.2) is 9.59 Å². The molecule has 0 aliphatic heterocycles. The van der Waals surface area contributed by atoms with Crippen molar-refractivity contribution in [2.24, 2.45) is 0 Å². The predicted octanol–water partition coefficient (Wildman–Crippen LogP) is -3.12. The molecule has 0 aliphatic carbocycles. The van der Waals surface area contributed by atoms with E-state index in [1.807, 2.05) is 21.1 Å². The van der Waals surface area contributed by atoms with E-state index in [2.05, 4.69) is 4.89 Å². The van der Waals surface area contributed by atoms with Crippen molar-refractivity contribution in [3.63, 3.8) is 0 Å². The number of carboxylic acid groups (broad SMARTS) is 3. The molecule has 0 bridgehead atoms. The number of hydrogen-bond acceptors (Lipinski definition) is 9. The van der Waals surface area contributed by atoms with E-state index in [1.54, 1.807) is 0 Å². The maximum Gasteiger partial charge on any atom is 0.345 e. The second kappa shape index (κ2) is 10.6. The summed E-state index contributed by atoms with van der Waals surface area (Å²) in [5.41, 5.74) is -2.77. The lowest BCUT2D eigenvalue weighted by molar-refractivity contribution is -0.873. The van der Waals surface area contributed by atoms with Gasteiger partial charge in [0.25, 0.3) is 0 Å². The molecule has 0 rings (SSSR count). The minimum atomic E-state index is -2.77. The van der Waals surface area contributed by atoms with E-state index in [1.165, 1.54) is 0 Å². The van der Waals surface area contributed by atoms with Gasteiger partial charge in [0.05, 0.1) is 34.0 Å². The highest BCUT2D eigenvalue weighted by atomic mass is 17.1. The Bertz CT molecular complexity index is 485. The minimum Gasteiger partial charge on any atom is -0.550 e. The number of quaternary nitrogens is 1. The lowest BCUT2D eigenvalue weighted by Crippen LogP contribution is -2.43. The van der Waals surface area contributed by atoms with Gasteiger partial charge in [0.2, 0.25) is 0 Å². The fourth-order valence-corrected chi connectivity index (χ4v) is 1.62. The number of aliphatic hydroxyl groups is 2. The number of likely N-dealkylation sites (N-methyl/N-ethyl adjacent to an activating group) is 1. The number of nitrogens with zero attached hydrogens (tertiary/aromatic N) is 1. The van der Waals surface area contributed by atoms with Crippen LogP contribution in [0, 0.1) is 0 Å². The zero-order valence-electron chi connectivity index (χ0n) is 14.0. The molecule has 0 spiro atoms. The fraction of sp³-hybridized carbons (Fsp3) is 0.692. The Morgan fingerprint density at radius 3 is 1.88 bits per heavy atom. The summed E-state index contributed by atoms with van der Waals surface area (Å²) in [7, 11) is 5.66. The highest BCUT2D eigenvalue weighted by Crippen LogP contribution is 2.16. The number of hydrogen-bond donors (Lipinski definition) is 5. The van der Waals surface area contributed by atoms with Crippen molar-refractivity contribution in [3.8, 4) is 0 Å². The Balaban J connectivity index is 0. The van der Waals surface area contributed by atoms with Crippen LogP contribution in [0.1, 0.15) is 19.3 Å². The topological polar surface area (TPSA) is 202 Å². The minimum absolute atomic E-state index is 0.282. The Hall–Kier alpha value is -2.28. The molecule has 0 heterocycles. The molecule has 146 valence electrons. The second-order valence-electron chi connectivity index (χ2n) is 6.25. The van der Waals surface area contributed by atoms with Gasteiger partial charge in [-0.05, 0) is 0 Å². The average molecular weight is 369 g/mol. The normalized spacial score (nSPS) is 14.3. The molecule has 0 aromatic heterocycles. The fourth-order valence-electron chi connectivity index (χ4n) is 1.62. The summed E-state index contributed by atoms with van der Waals surface area (Å²) in [4.78, 5) is 44.1. The van der Waals surface area contributed by atoms with Crippen LogP contribution in [0.15, 0.2) is 0 Å². The lowest BCUT2D eigenvalue weighted by Gasteiger charge is -2.26. The van der Waals surface area contributed by atoms with E-state index in [9.17, 15) is 24.3 Å². The van der Waals surface area contributed by atoms with Crippen LogP contribution in [0.3, 0.4) is 0 Å². The van der Waals surface area contributed by atoms with Gasteiger partial charge in [-0.3, -0.25) is 4.79 Å². The summed E-state index contributed by atoms with van der Waals surface area (Å²) < 4.78 is 0.550. The molecule has 0 aromatic carbocycles. The van der Waals surface area contributed by atoms with Crippen LogP contribution in [-0.2, 0) is 24.1 Å². The predicted molar refractivity (Wildman–Crippen MR) is 76.7 cm³/mol. The van der Waals surface area contributed by atoms with E-state index >= 15 is 0 Å². The molecule has 0 saturated heterocycles. The van der Waals surface area contributed by atoms with Gasteiger partial charge in [0.15, 0.2) is 5.60 Å². The molecule has 0 amide bonds. The maximum atomic E-state index is 10.4. The van der Waals surface area contributed by atoms with E-state index < -0.39 is 48.4 Å². The number of carbonyl (C=O) groups excluding carboxylic acids is 2. The van der Waals surface area contributed by atoms with Crippen LogP contribution >= 0.6 is 0 Å². The Labute approximate surface area is 143 Å². The Morgan fingerprint density at radius 2 is 1.60 bits per heavy atom. The zero-order valence-corrected chi connectivity index (χ0v) is 14.0. The molecule has 0 aliphatic rings. The van der Waals surface area contributed by atoms with Gasteiger partial charge in [-0.1, -0.05) is 0 Å². The van der Waals surface area contributed by atoms with Gasteiger partial charge in [0, 0.05) is 12.4 Å². The SMILES string of the molecule is C[N+](C)(C)CC(O)CC(=O)[O-].O=C(O)CC(O)(CC(=O)OO)C(=O)O. The zero-order chi connectivity index (χ0) is 20.4. The van der Waals surface area contributed by atoms with Gasteiger partial charge in [-0.15, -0.1) is 0 Å². The van der Waals surface area contributed by atoms with Crippen LogP contribution in [0.4, 0.5) is 0 Å². The van der Waals surface area contributed by atoms with Crippen LogP contribution in [0.5, 0.6) is 0 Å².